The van der Waals surface area contributed by atoms with Crippen LogP contribution in [0.1, 0.15) is 11.3 Å². The van der Waals surface area contributed by atoms with Crippen molar-refractivity contribution in [2.24, 2.45) is 0 Å². The molecule has 0 spiro atoms. The molecule has 1 N–H and O–H groups in total. The van der Waals surface area contributed by atoms with E-state index >= 15 is 0 Å². The molecule has 7 nitrogen and oxygen atoms in total. The van der Waals surface area contributed by atoms with E-state index < -0.39 is 0 Å². The standard InChI is InChI=1S/C26H21FN6O/c27-20-6-4-19(5-7-20)22-8-9-23-25(32-22)33(17-21-3-1-2-13-29-21)26(34)24(31-23)30-16-12-18-10-14-28-15-11-18/h1-11,13-15H,12,16-17H2,(H,30,31). The minimum absolute atomic E-state index is 0.248. The van der Waals surface area contributed by atoms with Gasteiger partial charge in [-0.05, 0) is 72.6 Å². The average molecular weight is 452 g/mol. The quantitative estimate of drug-likeness (QED) is 0.400. The van der Waals surface area contributed by atoms with Crippen molar-refractivity contribution in [1.29, 1.82) is 0 Å². The van der Waals surface area contributed by atoms with E-state index in [1.54, 1.807) is 35.3 Å². The molecule has 0 aliphatic heterocycles. The van der Waals surface area contributed by atoms with Crippen LogP contribution in [0, 0.1) is 5.82 Å². The Morgan fingerprint density at radius 1 is 0.882 bits per heavy atom. The van der Waals surface area contributed by atoms with Crippen LogP contribution < -0.4 is 10.9 Å². The highest BCUT2D eigenvalue weighted by Gasteiger charge is 2.14. The van der Waals surface area contributed by atoms with Crippen molar-refractivity contribution in [2.75, 3.05) is 11.9 Å². The first-order valence-corrected chi connectivity index (χ1v) is 10.9. The topological polar surface area (TPSA) is 85.6 Å². The molecule has 0 unspecified atom stereocenters. The number of nitrogens with zero attached hydrogens (tertiary/aromatic N) is 5. The minimum atomic E-state index is -0.319. The number of anilines is 1. The number of pyridine rings is 3. The SMILES string of the molecule is O=c1c(NCCc2ccncc2)nc2ccc(-c3ccc(F)cc3)nc2n1Cc1ccccn1. The summed E-state index contributed by atoms with van der Waals surface area (Å²) in [4.78, 5) is 31.1. The van der Waals surface area contributed by atoms with Gasteiger partial charge in [-0.25, -0.2) is 14.4 Å². The van der Waals surface area contributed by atoms with Crippen molar-refractivity contribution in [2.45, 2.75) is 13.0 Å². The second-order valence-electron chi connectivity index (χ2n) is 7.75. The lowest BCUT2D eigenvalue weighted by Gasteiger charge is -2.13. The summed E-state index contributed by atoms with van der Waals surface area (Å²) < 4.78 is 15.0. The first kappa shape index (κ1) is 21.4. The van der Waals surface area contributed by atoms with Gasteiger partial charge < -0.3 is 5.32 Å². The summed E-state index contributed by atoms with van der Waals surface area (Å²) in [6.45, 7) is 0.792. The number of benzene rings is 1. The maximum absolute atomic E-state index is 13.4. The van der Waals surface area contributed by atoms with Crippen LogP contribution in [0.25, 0.3) is 22.4 Å². The molecule has 0 atom stereocenters. The van der Waals surface area contributed by atoms with Crippen LogP contribution in [0.5, 0.6) is 0 Å². The van der Waals surface area contributed by atoms with Crippen LogP contribution in [0.4, 0.5) is 10.2 Å². The molecule has 5 rings (SSSR count). The van der Waals surface area contributed by atoms with E-state index in [2.05, 4.69) is 20.3 Å². The van der Waals surface area contributed by atoms with E-state index in [1.807, 2.05) is 42.5 Å². The zero-order valence-electron chi connectivity index (χ0n) is 18.2. The van der Waals surface area contributed by atoms with Crippen LogP contribution in [0.15, 0.2) is 90.1 Å². The lowest BCUT2D eigenvalue weighted by Crippen LogP contribution is -2.27. The van der Waals surface area contributed by atoms with Gasteiger partial charge in [0.1, 0.15) is 11.3 Å². The lowest BCUT2D eigenvalue weighted by atomic mass is 10.1. The van der Waals surface area contributed by atoms with Crippen molar-refractivity contribution in [3.05, 3.63) is 113 Å². The number of nitrogens with one attached hydrogen (secondary N) is 1. The van der Waals surface area contributed by atoms with Gasteiger partial charge in [-0.2, -0.15) is 0 Å². The van der Waals surface area contributed by atoms with E-state index in [0.717, 1.165) is 23.2 Å². The number of hydrogen-bond donors (Lipinski definition) is 1. The molecule has 0 aliphatic rings. The van der Waals surface area contributed by atoms with E-state index in [9.17, 15) is 9.18 Å². The van der Waals surface area contributed by atoms with Gasteiger partial charge in [0.2, 0.25) is 0 Å². The molecule has 0 amide bonds. The molecule has 4 aromatic heterocycles. The first-order chi connectivity index (χ1) is 16.7. The fourth-order valence-corrected chi connectivity index (χ4v) is 3.69. The van der Waals surface area contributed by atoms with Crippen LogP contribution in [0.2, 0.25) is 0 Å². The predicted octanol–water partition coefficient (Wildman–Crippen LogP) is 4.09. The highest BCUT2D eigenvalue weighted by Crippen LogP contribution is 2.21. The van der Waals surface area contributed by atoms with Crippen molar-refractivity contribution in [3.63, 3.8) is 0 Å². The third kappa shape index (κ3) is 4.66. The first-order valence-electron chi connectivity index (χ1n) is 10.9. The molecular weight excluding hydrogens is 431 g/mol. The molecule has 0 aliphatic carbocycles. The molecule has 1 aromatic carbocycles. The summed E-state index contributed by atoms with van der Waals surface area (Å²) in [7, 11) is 0. The Balaban J connectivity index is 1.54. The lowest BCUT2D eigenvalue weighted by molar-refractivity contribution is 0.628. The maximum atomic E-state index is 13.4. The van der Waals surface area contributed by atoms with Crippen LogP contribution >= 0.6 is 0 Å². The normalized spacial score (nSPS) is 11.0. The van der Waals surface area contributed by atoms with Crippen molar-refractivity contribution < 1.29 is 4.39 Å². The Morgan fingerprint density at radius 2 is 1.71 bits per heavy atom. The number of rotatable bonds is 7. The molecule has 0 saturated carbocycles. The third-order valence-corrected chi connectivity index (χ3v) is 5.43. The van der Waals surface area contributed by atoms with E-state index in [-0.39, 0.29) is 23.7 Å². The second-order valence-corrected chi connectivity index (χ2v) is 7.75. The van der Waals surface area contributed by atoms with Crippen molar-refractivity contribution in [1.82, 2.24) is 24.5 Å². The zero-order chi connectivity index (χ0) is 23.3. The largest absolute Gasteiger partial charge is 0.365 e. The van der Waals surface area contributed by atoms with Gasteiger partial charge in [0.05, 0.1) is 17.9 Å². The number of hydrogen-bond acceptors (Lipinski definition) is 6. The molecule has 0 bridgehead atoms. The van der Waals surface area contributed by atoms with Gasteiger partial charge in [-0.3, -0.25) is 19.3 Å². The van der Waals surface area contributed by atoms with Gasteiger partial charge in [0, 0.05) is 30.7 Å². The molecular formula is C26H21FN6O. The number of fused-ring (bicyclic) bond motifs is 1. The molecule has 0 fully saturated rings. The zero-order valence-corrected chi connectivity index (χ0v) is 18.2. The summed E-state index contributed by atoms with van der Waals surface area (Å²) in [6, 6.07) is 19.2. The van der Waals surface area contributed by atoms with E-state index in [0.29, 0.717) is 23.4 Å². The molecule has 0 saturated heterocycles. The Hall–Kier alpha value is -4.46. The third-order valence-electron chi connectivity index (χ3n) is 5.43. The maximum Gasteiger partial charge on any atom is 0.295 e. The monoisotopic (exact) mass is 452 g/mol. The highest BCUT2D eigenvalue weighted by molar-refractivity contribution is 5.76. The average Bonchev–Trinajstić information content (AvgIpc) is 2.88. The summed E-state index contributed by atoms with van der Waals surface area (Å²) in [5.74, 6) is -0.0606. The predicted molar refractivity (Wildman–Crippen MR) is 129 cm³/mol. The molecule has 168 valence electrons. The molecule has 8 heteroatoms. The van der Waals surface area contributed by atoms with E-state index in [4.69, 9.17) is 4.98 Å². The van der Waals surface area contributed by atoms with Crippen LogP contribution in [-0.2, 0) is 13.0 Å². The second kappa shape index (κ2) is 9.58. The Morgan fingerprint density at radius 3 is 2.47 bits per heavy atom. The summed E-state index contributed by atoms with van der Waals surface area (Å²) in [5.41, 5.74) is 3.96. The fourth-order valence-electron chi connectivity index (χ4n) is 3.69. The van der Waals surface area contributed by atoms with Crippen molar-refractivity contribution >= 4 is 17.0 Å². The smallest absolute Gasteiger partial charge is 0.295 e. The van der Waals surface area contributed by atoms with Crippen molar-refractivity contribution in [3.8, 4) is 11.3 Å². The molecule has 5 aromatic rings. The van der Waals surface area contributed by atoms with Gasteiger partial charge >= 0.3 is 0 Å². The summed E-state index contributed by atoms with van der Waals surface area (Å²) in [6.07, 6.45) is 5.90. The number of aromatic nitrogens is 5. The Labute approximate surface area is 195 Å². The summed E-state index contributed by atoms with van der Waals surface area (Å²) in [5, 5.41) is 3.18. The van der Waals surface area contributed by atoms with E-state index in [1.165, 1.54) is 12.1 Å². The highest BCUT2D eigenvalue weighted by atomic mass is 19.1. The van der Waals surface area contributed by atoms with Gasteiger partial charge in [-0.15, -0.1) is 0 Å². The number of halogens is 1. The van der Waals surface area contributed by atoms with Crippen LogP contribution in [-0.4, -0.2) is 31.0 Å². The van der Waals surface area contributed by atoms with Gasteiger partial charge in [0.15, 0.2) is 11.5 Å². The molecule has 34 heavy (non-hydrogen) atoms. The minimum Gasteiger partial charge on any atom is -0.365 e. The Kier molecular flexibility index (Phi) is 6.03. The van der Waals surface area contributed by atoms with Gasteiger partial charge in [0.25, 0.3) is 5.56 Å². The summed E-state index contributed by atoms with van der Waals surface area (Å²) >= 11 is 0. The Bertz CT molecular complexity index is 1470. The van der Waals surface area contributed by atoms with Gasteiger partial charge in [-0.1, -0.05) is 6.07 Å². The molecule has 4 heterocycles. The fraction of sp³-hybridized carbons (Fsp3) is 0.115. The molecule has 0 radical (unpaired) electrons. The van der Waals surface area contributed by atoms with Crippen LogP contribution in [0.3, 0.4) is 0 Å².